The summed E-state index contributed by atoms with van der Waals surface area (Å²) in [4.78, 5) is 0. The normalized spacial score (nSPS) is 9.62. The van der Waals surface area contributed by atoms with Crippen molar-refractivity contribution in [2.45, 2.75) is 0 Å². The molecule has 1 aromatic rings. The van der Waals surface area contributed by atoms with Gasteiger partial charge in [0.25, 0.3) is 0 Å². The Kier molecular flexibility index (Phi) is 5.59. The zero-order valence-electron chi connectivity index (χ0n) is 5.75. The van der Waals surface area contributed by atoms with Gasteiger partial charge in [0.1, 0.15) is 10.0 Å². The average molecular weight is 318 g/mol. The van der Waals surface area contributed by atoms with Gasteiger partial charge < -0.3 is 5.11 Å². The van der Waals surface area contributed by atoms with Gasteiger partial charge in [0.2, 0.25) is 0 Å². The van der Waals surface area contributed by atoms with Gasteiger partial charge in [0.05, 0.1) is 15.1 Å². The van der Waals surface area contributed by atoms with E-state index < -0.39 is 0 Å². The summed E-state index contributed by atoms with van der Waals surface area (Å²) < 4.78 is 0. The second-order valence-corrected chi connectivity index (χ2v) is 3.81. The van der Waals surface area contributed by atoms with Crippen molar-refractivity contribution >= 4 is 58.0 Å². The number of aromatic hydroxyl groups is 1. The van der Waals surface area contributed by atoms with Gasteiger partial charge in [-0.1, -0.05) is 58.0 Å². The Morgan fingerprint density at radius 1 is 0.615 bits per heavy atom. The quantitative estimate of drug-likeness (QED) is 0.545. The van der Waals surface area contributed by atoms with E-state index in [2.05, 4.69) is 0 Å². The van der Waals surface area contributed by atoms with Crippen molar-refractivity contribution in [1.29, 1.82) is 0 Å². The molecule has 1 aromatic carbocycles. The van der Waals surface area contributed by atoms with E-state index in [4.69, 9.17) is 58.0 Å². The molecule has 0 bridgehead atoms. The van der Waals surface area contributed by atoms with Crippen molar-refractivity contribution in [2.75, 3.05) is 0 Å². The maximum atomic E-state index is 9.20. The molecule has 0 aliphatic carbocycles. The first-order valence-corrected chi connectivity index (χ1v) is 4.56. The molecular formula is C6HCl5CrO. The van der Waals surface area contributed by atoms with Gasteiger partial charge >= 0.3 is 0 Å². The standard InChI is InChI=1S/C6HCl5O.Cr/c7-1-2(8)4(10)6(12)5(11)3(1)9;/h12H;. The van der Waals surface area contributed by atoms with Crippen molar-refractivity contribution in [2.24, 2.45) is 0 Å². The van der Waals surface area contributed by atoms with Crippen molar-refractivity contribution < 1.29 is 22.5 Å². The molecule has 0 unspecified atom stereocenters. The fourth-order valence-corrected chi connectivity index (χ4v) is 1.72. The molecular weight excluding hydrogens is 317 g/mol. The zero-order valence-corrected chi connectivity index (χ0v) is 10.8. The van der Waals surface area contributed by atoms with Crippen molar-refractivity contribution in [3.8, 4) is 5.75 Å². The Balaban J connectivity index is 0.00000144. The number of phenolic OH excluding ortho intramolecular Hbond substituents is 1. The fraction of sp³-hybridized carbons (Fsp3) is 0. The van der Waals surface area contributed by atoms with Crippen LogP contribution in [0.3, 0.4) is 0 Å². The minimum Gasteiger partial charge on any atom is -0.505 e. The van der Waals surface area contributed by atoms with E-state index in [-0.39, 0.29) is 48.2 Å². The van der Waals surface area contributed by atoms with Crippen LogP contribution in [-0.2, 0) is 17.4 Å². The van der Waals surface area contributed by atoms with Crippen LogP contribution < -0.4 is 0 Å². The second kappa shape index (κ2) is 5.19. The van der Waals surface area contributed by atoms with Gasteiger partial charge in [-0.2, -0.15) is 0 Å². The summed E-state index contributed by atoms with van der Waals surface area (Å²) in [6.07, 6.45) is 0. The molecule has 0 aromatic heterocycles. The monoisotopic (exact) mass is 316 g/mol. The van der Waals surface area contributed by atoms with Crippen LogP contribution in [0.15, 0.2) is 0 Å². The van der Waals surface area contributed by atoms with Gasteiger partial charge in [0.15, 0.2) is 5.75 Å². The van der Waals surface area contributed by atoms with Gasteiger partial charge in [0, 0.05) is 17.4 Å². The van der Waals surface area contributed by atoms with Crippen molar-refractivity contribution in [1.82, 2.24) is 0 Å². The number of rotatable bonds is 0. The van der Waals surface area contributed by atoms with E-state index in [1.165, 1.54) is 0 Å². The minimum atomic E-state index is -0.363. The Bertz CT molecular complexity index is 235. The molecule has 0 fully saturated rings. The number of benzene rings is 1. The molecule has 0 atom stereocenters. The third kappa shape index (κ3) is 2.52. The molecule has 0 saturated heterocycles. The number of hydrogen-bond donors (Lipinski definition) is 1. The topological polar surface area (TPSA) is 20.2 Å². The van der Waals surface area contributed by atoms with Crippen LogP contribution in [-0.4, -0.2) is 5.11 Å². The van der Waals surface area contributed by atoms with Crippen molar-refractivity contribution in [3.63, 3.8) is 0 Å². The molecule has 0 aliphatic rings. The summed E-state index contributed by atoms with van der Waals surface area (Å²) in [5.74, 6) is -0.363. The third-order valence-electron chi connectivity index (χ3n) is 1.19. The molecule has 1 nitrogen and oxygen atoms in total. The van der Waals surface area contributed by atoms with Gasteiger partial charge in [-0.15, -0.1) is 0 Å². The Morgan fingerprint density at radius 3 is 1.15 bits per heavy atom. The maximum Gasteiger partial charge on any atom is 0.155 e. The van der Waals surface area contributed by atoms with Gasteiger partial charge in [-0.3, -0.25) is 0 Å². The van der Waals surface area contributed by atoms with Gasteiger partial charge in [-0.25, -0.2) is 0 Å². The largest absolute Gasteiger partial charge is 0.505 e. The first kappa shape index (κ1) is 14.0. The summed E-state index contributed by atoms with van der Waals surface area (Å²) in [5, 5.41) is 9.01. The third-order valence-corrected chi connectivity index (χ3v) is 3.44. The van der Waals surface area contributed by atoms with Crippen LogP contribution in [0.5, 0.6) is 5.75 Å². The van der Waals surface area contributed by atoms with Crippen LogP contribution in [0.4, 0.5) is 0 Å². The fourth-order valence-electron chi connectivity index (χ4n) is 0.593. The number of halogens is 5. The Hall–Kier alpha value is 1.00. The predicted molar refractivity (Wildman–Crippen MR) is 53.2 cm³/mol. The molecule has 0 amide bonds. The number of phenols is 1. The molecule has 1 rings (SSSR count). The van der Waals surface area contributed by atoms with E-state index in [0.29, 0.717) is 0 Å². The SMILES string of the molecule is Oc1c(Cl)c(Cl)c(Cl)c(Cl)c1Cl.[Cr]. The van der Waals surface area contributed by atoms with E-state index in [9.17, 15) is 5.11 Å². The molecule has 0 radical (unpaired) electrons. The van der Waals surface area contributed by atoms with Crippen LogP contribution in [0, 0.1) is 0 Å². The van der Waals surface area contributed by atoms with Crippen LogP contribution >= 0.6 is 58.0 Å². The molecule has 0 heterocycles. The maximum absolute atomic E-state index is 9.20. The van der Waals surface area contributed by atoms with Gasteiger partial charge in [-0.05, 0) is 0 Å². The zero-order chi connectivity index (χ0) is 9.46. The summed E-state index contributed by atoms with van der Waals surface area (Å²) in [6.45, 7) is 0. The van der Waals surface area contributed by atoms with Crippen LogP contribution in [0.2, 0.25) is 25.1 Å². The molecule has 72 valence electrons. The first-order chi connectivity index (χ1) is 5.46. The van der Waals surface area contributed by atoms with Crippen molar-refractivity contribution in [3.05, 3.63) is 25.1 Å². The van der Waals surface area contributed by atoms with Crippen LogP contribution in [0.1, 0.15) is 0 Å². The summed E-state index contributed by atoms with van der Waals surface area (Å²) in [6, 6.07) is 0. The minimum absolute atomic E-state index is 0. The molecule has 0 spiro atoms. The molecule has 0 saturated carbocycles. The smallest absolute Gasteiger partial charge is 0.155 e. The van der Waals surface area contributed by atoms with E-state index in [1.807, 2.05) is 0 Å². The van der Waals surface area contributed by atoms with E-state index in [1.54, 1.807) is 0 Å². The molecule has 1 N–H and O–H groups in total. The summed E-state index contributed by atoms with van der Waals surface area (Å²) >= 11 is 27.9. The molecule has 0 aliphatic heterocycles. The molecule has 13 heavy (non-hydrogen) atoms. The second-order valence-electron chi connectivity index (χ2n) is 1.92. The molecule has 7 heteroatoms. The summed E-state index contributed by atoms with van der Waals surface area (Å²) in [7, 11) is 0. The Morgan fingerprint density at radius 2 is 0.846 bits per heavy atom. The predicted octanol–water partition coefficient (Wildman–Crippen LogP) is 4.66. The number of hydrogen-bond acceptors (Lipinski definition) is 1. The Labute approximate surface area is 111 Å². The van der Waals surface area contributed by atoms with E-state index in [0.717, 1.165) is 0 Å². The van der Waals surface area contributed by atoms with Crippen LogP contribution in [0.25, 0.3) is 0 Å². The first-order valence-electron chi connectivity index (χ1n) is 2.67. The summed E-state index contributed by atoms with van der Waals surface area (Å²) in [5.41, 5.74) is 0. The van der Waals surface area contributed by atoms with E-state index >= 15 is 0 Å². The average Bonchev–Trinajstić information content (AvgIpc) is 2.08.